The number of unbranched alkanes of at least 4 members (excludes halogenated alkanes) is 2. The third-order valence-electron chi connectivity index (χ3n) is 21.7. The van der Waals surface area contributed by atoms with Crippen molar-refractivity contribution >= 4 is 110 Å². The molecule has 0 bridgehead atoms. The largest absolute Gasteiger partial charge is 0.508 e. The van der Waals surface area contributed by atoms with Crippen molar-refractivity contribution in [1.29, 1.82) is 0 Å². The van der Waals surface area contributed by atoms with E-state index in [4.69, 9.17) is 31.8 Å². The molecule has 0 spiro atoms. The second-order valence-corrected chi connectivity index (χ2v) is 35.3. The number of halogens is 2. The van der Waals surface area contributed by atoms with E-state index in [0.717, 1.165) is 11.1 Å². The Morgan fingerprint density at radius 2 is 0.667 bits per heavy atom. The van der Waals surface area contributed by atoms with Crippen LogP contribution in [-0.4, -0.2) is 210 Å². The summed E-state index contributed by atoms with van der Waals surface area (Å²) in [4.78, 5) is 168. The second-order valence-electron chi connectivity index (χ2n) is 33.8. The molecule has 4 aromatic carbocycles. The highest BCUT2D eigenvalue weighted by Gasteiger charge is 2.50. The molecule has 0 aliphatic carbocycles. The van der Waals surface area contributed by atoms with E-state index in [1.165, 1.54) is 0 Å². The molecule has 25 nitrogen and oxygen atoms in total. The van der Waals surface area contributed by atoms with E-state index in [0.29, 0.717) is 89.4 Å². The average Bonchev–Trinajstić information content (AvgIpc) is 0.789. The number of amides is 8. The number of hydrogen-bond acceptors (Lipinski definition) is 17. The number of hydrogen-bond donors (Lipinski definition) is 8. The minimum atomic E-state index is -1.56. The maximum Gasteiger partial charge on any atom is 0.508 e. The molecule has 2 aliphatic heterocycles. The Hall–Kier alpha value is -8.33. The molecule has 2 aliphatic rings. The smallest absolute Gasteiger partial charge is 0.430 e. The first-order valence-corrected chi connectivity index (χ1v) is 45.5. The van der Waals surface area contributed by atoms with Crippen LogP contribution in [0.5, 0.6) is 0 Å². The van der Waals surface area contributed by atoms with Crippen molar-refractivity contribution in [2.24, 2.45) is 34.5 Å². The molecule has 4 aromatic rings. The average molecular weight is 1880 g/mol. The number of nitrogens with one attached hydrogen (secondary N) is 8. The first kappa shape index (κ1) is 100. The van der Waals surface area contributed by atoms with E-state index in [9.17, 15) is 28.8 Å². The van der Waals surface area contributed by atoms with E-state index in [1.807, 2.05) is 162 Å². The van der Waals surface area contributed by atoms with Gasteiger partial charge in [-0.05, 0) is 137 Å². The van der Waals surface area contributed by atoms with Gasteiger partial charge in [0.15, 0.2) is 11.6 Å². The van der Waals surface area contributed by atoms with Crippen LogP contribution in [0.2, 0.25) is 0 Å². The summed E-state index contributed by atoms with van der Waals surface area (Å²) in [7, 11) is 0. The number of morpholine rings is 2. The molecule has 8 N–H and O–H groups in total. The Kier molecular flexibility index (Phi) is 44.3. The molecule has 6 rings (SSSR count). The molecule has 0 aromatic heterocycles. The van der Waals surface area contributed by atoms with Gasteiger partial charge in [-0.1, -0.05) is 222 Å². The van der Waals surface area contributed by atoms with Gasteiger partial charge in [-0.25, -0.2) is 4.79 Å². The molecule has 0 radical (unpaired) electrons. The second kappa shape index (κ2) is 52.9. The van der Waals surface area contributed by atoms with Crippen molar-refractivity contribution in [1.82, 2.24) is 52.3 Å². The maximum atomic E-state index is 15.9. The van der Waals surface area contributed by atoms with Crippen LogP contribution in [0.4, 0.5) is 4.79 Å². The molecule has 656 valence electrons. The standard InChI is InChI=1S/C93H130I2N10O15/c1-13-15-21-39-79(92(11,61-94)83(108)73(53-63(3)4)98-89(114)77(57-69-35-27-19-28-36-69)102-87(112)75(55-65(7)8)100-85(110)71(43-41-67-31-23-17-24-32-67)96-81(106)59-104-45-49-117-50-46-104)119-91(116)120-80(40-22-16-14-2)93(12,62-95)84(109)74(54-64(5)6)99-90(115)78(58-70-37-29-20-30-38-70)103-88(113)76(56-66(9)10)101-86(111)72(44-42-68-33-25-18-26-34-68)97-82(107)60-105-47-51-118-52-48-105/h1-2,17-20,23-38,63-66,71-80H,15-16,21-22,39-62H2,3-12H3,(H,96,106)(H,97,107)(H,98,114)(H,99,115)(H,100,110)(H,101,111)(H,102,112)(H,103,113)/t71-,72-,73-,74-,75-,76-,77-,78-,79?,80?,92-,93-/m0/s1. The normalized spacial score (nSPS) is 16.7. The molecule has 8 amide bonds. The van der Waals surface area contributed by atoms with Crippen LogP contribution in [0.3, 0.4) is 0 Å². The zero-order valence-corrected chi connectivity index (χ0v) is 76.2. The van der Waals surface area contributed by atoms with Crippen LogP contribution in [-0.2, 0) is 92.6 Å². The number of alkyl halides is 2. The van der Waals surface area contributed by atoms with Crippen LogP contribution in [0.1, 0.15) is 169 Å². The van der Waals surface area contributed by atoms with Gasteiger partial charge in [-0.15, -0.1) is 24.7 Å². The molecule has 2 heterocycles. The molecule has 12 atom stereocenters. The Labute approximate surface area is 738 Å². The molecule has 120 heavy (non-hydrogen) atoms. The maximum absolute atomic E-state index is 15.9. The Balaban J connectivity index is 1.26. The first-order chi connectivity index (χ1) is 57.4. The van der Waals surface area contributed by atoms with Gasteiger partial charge in [-0.3, -0.25) is 57.7 Å². The molecule has 2 saturated heterocycles. The van der Waals surface area contributed by atoms with Crippen molar-refractivity contribution in [3.8, 4) is 24.7 Å². The van der Waals surface area contributed by atoms with Gasteiger partial charge in [0.1, 0.15) is 48.5 Å². The number of benzene rings is 4. The lowest BCUT2D eigenvalue weighted by molar-refractivity contribution is -0.143. The summed E-state index contributed by atoms with van der Waals surface area (Å²) in [6.45, 7) is 22.7. The highest BCUT2D eigenvalue weighted by Crippen LogP contribution is 2.38. The summed E-state index contributed by atoms with van der Waals surface area (Å²) in [6, 6.07) is 27.7. The van der Waals surface area contributed by atoms with Crippen molar-refractivity contribution in [3.05, 3.63) is 144 Å². The van der Waals surface area contributed by atoms with Gasteiger partial charge in [0.05, 0.1) is 62.4 Å². The van der Waals surface area contributed by atoms with Crippen molar-refractivity contribution < 1.29 is 71.7 Å². The van der Waals surface area contributed by atoms with E-state index >= 15 is 24.0 Å². The third-order valence-corrected chi connectivity index (χ3v) is 24.9. The summed E-state index contributed by atoms with van der Waals surface area (Å²) < 4.78 is 24.0. The topological polar surface area (TPSA) is 327 Å². The van der Waals surface area contributed by atoms with Gasteiger partial charge in [-0.2, -0.15) is 0 Å². The van der Waals surface area contributed by atoms with E-state index in [2.05, 4.69) is 99.6 Å². The number of Topliss-reactive ketones (excluding diaryl/α,β-unsaturated/α-hetero) is 2. The molecular weight excluding hydrogens is 1750 g/mol. The van der Waals surface area contributed by atoms with Crippen molar-refractivity contribution in [2.45, 2.75) is 233 Å². The fraction of sp³-hybridized carbons (Fsp3) is 0.581. The number of terminal acetylenes is 2. The number of nitrogens with zero attached hydrogens (tertiary/aromatic N) is 2. The van der Waals surface area contributed by atoms with Gasteiger partial charge < -0.3 is 61.5 Å². The number of rotatable bonds is 52. The highest BCUT2D eigenvalue weighted by molar-refractivity contribution is 14.1. The van der Waals surface area contributed by atoms with Crippen LogP contribution in [0.15, 0.2) is 121 Å². The zero-order valence-electron chi connectivity index (χ0n) is 71.9. The minimum Gasteiger partial charge on any atom is -0.430 e. The molecule has 2 fully saturated rings. The van der Waals surface area contributed by atoms with Gasteiger partial charge in [0, 0.05) is 60.7 Å². The van der Waals surface area contributed by atoms with E-state index in [1.54, 1.807) is 38.1 Å². The monoisotopic (exact) mass is 1880 g/mol. The van der Waals surface area contributed by atoms with Gasteiger partial charge in [0.25, 0.3) is 0 Å². The van der Waals surface area contributed by atoms with Gasteiger partial charge >= 0.3 is 6.16 Å². The molecule has 0 saturated carbocycles. The fourth-order valence-corrected chi connectivity index (χ4v) is 16.6. The quantitative estimate of drug-likeness (QED) is 0.00670. The fourth-order valence-electron chi connectivity index (χ4n) is 14.9. The Morgan fingerprint density at radius 3 is 0.967 bits per heavy atom. The number of ether oxygens (including phenoxy) is 4. The zero-order chi connectivity index (χ0) is 87.7. The lowest BCUT2D eigenvalue weighted by Crippen LogP contribution is -2.60. The summed E-state index contributed by atoms with van der Waals surface area (Å²) >= 11 is 4.14. The molecular formula is C93H130I2N10O15. The number of carbonyl (C=O) groups is 11. The number of carbonyl (C=O) groups excluding carboxylic acids is 11. The van der Waals surface area contributed by atoms with Crippen LogP contribution >= 0.6 is 45.2 Å². The van der Waals surface area contributed by atoms with Crippen LogP contribution < -0.4 is 42.5 Å². The predicted octanol–water partition coefficient (Wildman–Crippen LogP) is 9.98. The van der Waals surface area contributed by atoms with Crippen LogP contribution in [0, 0.1) is 59.2 Å². The Bertz CT molecular complexity index is 3720. The minimum absolute atomic E-state index is 0.0215. The van der Waals surface area contributed by atoms with Crippen LogP contribution in [0.25, 0.3) is 0 Å². The highest BCUT2D eigenvalue weighted by atomic mass is 127. The molecule has 27 heteroatoms. The Morgan fingerprint density at radius 1 is 0.392 bits per heavy atom. The van der Waals surface area contributed by atoms with Crippen molar-refractivity contribution in [2.75, 3.05) is 74.6 Å². The first-order valence-electron chi connectivity index (χ1n) is 42.5. The summed E-state index contributed by atoms with van der Waals surface area (Å²) in [5.41, 5.74) is 0.140. The van der Waals surface area contributed by atoms with E-state index < -0.39 is 125 Å². The van der Waals surface area contributed by atoms with Gasteiger partial charge in [0.2, 0.25) is 47.3 Å². The SMILES string of the molecule is C#CCCCC(OC(=O)OC(CCCC#C)[C@](C)(CI)C(=O)[C@H](CC(C)C)NC(=O)[C@H](Cc1ccccc1)NC(=O)[C@H](CC(C)C)NC(=O)[C@H](CCc1ccccc1)NC(=O)CN1CCOCC1)[C@](C)(CI)C(=O)[C@H](CC(C)C)NC(=O)[C@H](Cc1ccccc1)NC(=O)[C@H](CC(C)C)NC(=O)[C@H](CCc1ccccc1)NC(=O)CN1CCOCC1. The predicted molar refractivity (Wildman–Crippen MR) is 482 cm³/mol. The number of aryl methyl sites for hydroxylation is 2. The summed E-state index contributed by atoms with van der Waals surface area (Å²) in [6.07, 6.45) is 11.0. The van der Waals surface area contributed by atoms with Crippen molar-refractivity contribution in [3.63, 3.8) is 0 Å². The summed E-state index contributed by atoms with van der Waals surface area (Å²) in [5.74, 6) is -0.922. The molecule has 2 unspecified atom stereocenters. The van der Waals surface area contributed by atoms with E-state index in [-0.39, 0.29) is 134 Å². The lowest BCUT2D eigenvalue weighted by Gasteiger charge is -2.40. The third kappa shape index (κ3) is 34.5. The summed E-state index contributed by atoms with van der Waals surface area (Å²) in [5, 5.41) is 23.8. The lowest BCUT2D eigenvalue weighted by atomic mass is 9.75. The number of ketones is 2.